The molecule has 0 amide bonds. The van der Waals surface area contributed by atoms with Crippen LogP contribution in [0.5, 0.6) is 5.75 Å². The molecule has 1 rings (SSSR count). The maximum atomic E-state index is 8.37. The second kappa shape index (κ2) is 8.36. The van der Waals surface area contributed by atoms with Crippen LogP contribution in [0.3, 0.4) is 0 Å². The average Bonchev–Trinajstić information content (AvgIpc) is 2.42. The molecular formula is C13H21N3O2. The Kier molecular flexibility index (Phi) is 6.64. The van der Waals surface area contributed by atoms with Crippen molar-refractivity contribution in [3.8, 4) is 5.75 Å². The van der Waals surface area contributed by atoms with Crippen molar-refractivity contribution in [1.82, 2.24) is 5.32 Å². The number of benzene rings is 1. The summed E-state index contributed by atoms with van der Waals surface area (Å²) in [5.74, 6) is 1.17. The van der Waals surface area contributed by atoms with E-state index < -0.39 is 0 Å². The highest BCUT2D eigenvalue weighted by Crippen LogP contribution is 2.12. The minimum absolute atomic E-state index is 0.282. The normalized spacial score (nSPS) is 11.5. The Bertz CT molecular complexity index is 380. The van der Waals surface area contributed by atoms with E-state index in [2.05, 4.69) is 16.5 Å². The molecule has 5 nitrogen and oxygen atoms in total. The van der Waals surface area contributed by atoms with Crippen molar-refractivity contribution in [3.63, 3.8) is 0 Å². The van der Waals surface area contributed by atoms with Gasteiger partial charge in [-0.3, -0.25) is 0 Å². The minimum atomic E-state index is 0.282. The van der Waals surface area contributed by atoms with Gasteiger partial charge in [0.05, 0.1) is 7.11 Å². The molecule has 0 aromatic heterocycles. The molecule has 0 bridgehead atoms. The van der Waals surface area contributed by atoms with Crippen LogP contribution in [0.1, 0.15) is 18.4 Å². The van der Waals surface area contributed by atoms with Gasteiger partial charge in [-0.05, 0) is 43.6 Å². The van der Waals surface area contributed by atoms with Gasteiger partial charge in [0, 0.05) is 6.42 Å². The van der Waals surface area contributed by atoms with Crippen LogP contribution in [-0.2, 0) is 6.42 Å². The quantitative estimate of drug-likeness (QED) is 0.214. The van der Waals surface area contributed by atoms with Gasteiger partial charge >= 0.3 is 0 Å². The van der Waals surface area contributed by atoms with E-state index in [9.17, 15) is 0 Å². The molecule has 0 saturated carbocycles. The second-order valence-corrected chi connectivity index (χ2v) is 4.05. The first-order chi connectivity index (χ1) is 8.76. The summed E-state index contributed by atoms with van der Waals surface area (Å²) in [4.78, 5) is 0. The van der Waals surface area contributed by atoms with Crippen molar-refractivity contribution in [2.75, 3.05) is 20.2 Å². The fourth-order valence-electron chi connectivity index (χ4n) is 1.63. The van der Waals surface area contributed by atoms with E-state index in [4.69, 9.17) is 15.7 Å². The van der Waals surface area contributed by atoms with Crippen molar-refractivity contribution in [3.05, 3.63) is 29.8 Å². The van der Waals surface area contributed by atoms with Crippen LogP contribution >= 0.6 is 0 Å². The van der Waals surface area contributed by atoms with E-state index in [0.29, 0.717) is 6.42 Å². The average molecular weight is 251 g/mol. The molecule has 18 heavy (non-hydrogen) atoms. The number of nitrogens with one attached hydrogen (secondary N) is 1. The molecule has 0 unspecified atom stereocenters. The lowest BCUT2D eigenvalue weighted by molar-refractivity contribution is 0.316. The lowest BCUT2D eigenvalue weighted by Crippen LogP contribution is -2.20. The van der Waals surface area contributed by atoms with Gasteiger partial charge in [-0.2, -0.15) is 0 Å². The zero-order valence-electron chi connectivity index (χ0n) is 10.7. The molecule has 5 heteroatoms. The van der Waals surface area contributed by atoms with Gasteiger partial charge in [0.2, 0.25) is 0 Å². The summed E-state index contributed by atoms with van der Waals surface area (Å²) in [5, 5.41) is 14.6. The standard InChI is InChI=1S/C13H21N3O2/c1-18-12-5-2-4-11(10-12)7-9-15-8-3-6-13(14)16-17/h2,4-5,10,15,17H,3,6-9H2,1H3,(H2,14,16). The minimum Gasteiger partial charge on any atom is -0.497 e. The fraction of sp³-hybridized carbons (Fsp3) is 0.462. The molecule has 1 aromatic carbocycles. The summed E-state index contributed by atoms with van der Waals surface area (Å²) in [5.41, 5.74) is 6.62. The molecule has 0 spiro atoms. The molecule has 100 valence electrons. The lowest BCUT2D eigenvalue weighted by atomic mass is 10.1. The molecular weight excluding hydrogens is 230 g/mol. The van der Waals surface area contributed by atoms with Crippen molar-refractivity contribution < 1.29 is 9.94 Å². The van der Waals surface area contributed by atoms with E-state index in [-0.39, 0.29) is 5.84 Å². The third-order valence-corrected chi connectivity index (χ3v) is 2.64. The van der Waals surface area contributed by atoms with Crippen LogP contribution in [0.15, 0.2) is 29.4 Å². The predicted octanol–water partition coefficient (Wildman–Crippen LogP) is 1.35. The van der Waals surface area contributed by atoms with Crippen LogP contribution < -0.4 is 15.8 Å². The lowest BCUT2D eigenvalue weighted by Gasteiger charge is -2.06. The molecule has 0 heterocycles. The number of amidine groups is 1. The summed E-state index contributed by atoms with van der Waals surface area (Å²) < 4.78 is 5.17. The summed E-state index contributed by atoms with van der Waals surface area (Å²) in [7, 11) is 1.67. The first-order valence-electron chi connectivity index (χ1n) is 6.06. The maximum absolute atomic E-state index is 8.37. The highest BCUT2D eigenvalue weighted by Gasteiger charge is 1.96. The first kappa shape index (κ1) is 14.3. The Labute approximate surface area is 108 Å². The third kappa shape index (κ3) is 5.54. The Morgan fingerprint density at radius 1 is 1.44 bits per heavy atom. The number of rotatable bonds is 8. The third-order valence-electron chi connectivity index (χ3n) is 2.64. The van der Waals surface area contributed by atoms with Crippen LogP contribution in [-0.4, -0.2) is 31.2 Å². The van der Waals surface area contributed by atoms with Gasteiger partial charge in [-0.15, -0.1) is 0 Å². The van der Waals surface area contributed by atoms with Crippen molar-refractivity contribution >= 4 is 5.84 Å². The van der Waals surface area contributed by atoms with E-state index in [1.54, 1.807) is 7.11 Å². The Hall–Kier alpha value is -1.75. The molecule has 1 aromatic rings. The number of methoxy groups -OCH3 is 1. The largest absolute Gasteiger partial charge is 0.497 e. The van der Waals surface area contributed by atoms with Crippen molar-refractivity contribution in [1.29, 1.82) is 0 Å². The molecule has 0 radical (unpaired) electrons. The molecule has 0 aliphatic rings. The number of ether oxygens (including phenoxy) is 1. The summed E-state index contributed by atoms with van der Waals surface area (Å²) in [6, 6.07) is 8.05. The number of hydrogen-bond acceptors (Lipinski definition) is 4. The van der Waals surface area contributed by atoms with Crippen LogP contribution in [0.4, 0.5) is 0 Å². The van der Waals surface area contributed by atoms with Gasteiger partial charge in [-0.25, -0.2) is 0 Å². The maximum Gasteiger partial charge on any atom is 0.139 e. The van der Waals surface area contributed by atoms with Gasteiger partial charge in [-0.1, -0.05) is 17.3 Å². The van der Waals surface area contributed by atoms with Crippen LogP contribution in [0.25, 0.3) is 0 Å². The number of nitrogens with two attached hydrogens (primary N) is 1. The highest BCUT2D eigenvalue weighted by molar-refractivity contribution is 5.79. The molecule has 0 saturated heterocycles. The Balaban J connectivity index is 2.14. The number of hydrogen-bond donors (Lipinski definition) is 3. The first-order valence-corrected chi connectivity index (χ1v) is 6.06. The van der Waals surface area contributed by atoms with Gasteiger partial charge in [0.25, 0.3) is 0 Å². The van der Waals surface area contributed by atoms with Gasteiger partial charge < -0.3 is 21.0 Å². The van der Waals surface area contributed by atoms with Crippen molar-refractivity contribution in [2.24, 2.45) is 10.9 Å². The monoisotopic (exact) mass is 251 g/mol. The zero-order valence-corrected chi connectivity index (χ0v) is 10.7. The number of oxime groups is 1. The molecule has 0 fully saturated rings. The Morgan fingerprint density at radius 2 is 2.28 bits per heavy atom. The summed E-state index contributed by atoms with van der Waals surface area (Å²) >= 11 is 0. The van der Waals surface area contributed by atoms with Gasteiger partial charge in [0.1, 0.15) is 11.6 Å². The SMILES string of the molecule is COc1cccc(CCNCCC/C(N)=N/O)c1. The fourth-order valence-corrected chi connectivity index (χ4v) is 1.63. The van der Waals surface area contributed by atoms with E-state index in [1.165, 1.54) is 5.56 Å². The predicted molar refractivity (Wildman–Crippen MR) is 72.2 cm³/mol. The smallest absolute Gasteiger partial charge is 0.139 e. The van der Waals surface area contributed by atoms with Gasteiger partial charge in [0.15, 0.2) is 0 Å². The molecule has 0 atom stereocenters. The van der Waals surface area contributed by atoms with E-state index in [0.717, 1.165) is 31.7 Å². The summed E-state index contributed by atoms with van der Waals surface area (Å²) in [6.45, 7) is 1.77. The van der Waals surface area contributed by atoms with E-state index >= 15 is 0 Å². The Morgan fingerprint density at radius 3 is 3.00 bits per heavy atom. The second-order valence-electron chi connectivity index (χ2n) is 4.05. The van der Waals surface area contributed by atoms with Crippen LogP contribution in [0.2, 0.25) is 0 Å². The van der Waals surface area contributed by atoms with E-state index in [1.807, 2.05) is 18.2 Å². The number of nitrogens with zero attached hydrogens (tertiary/aromatic N) is 1. The zero-order chi connectivity index (χ0) is 13.2. The van der Waals surface area contributed by atoms with Crippen LogP contribution in [0, 0.1) is 0 Å². The molecule has 4 N–H and O–H groups in total. The summed E-state index contributed by atoms with van der Waals surface area (Å²) in [6.07, 6.45) is 2.44. The topological polar surface area (TPSA) is 79.9 Å². The molecule has 0 aliphatic carbocycles. The highest BCUT2D eigenvalue weighted by atomic mass is 16.5. The molecule has 0 aliphatic heterocycles. The van der Waals surface area contributed by atoms with Crippen molar-refractivity contribution in [2.45, 2.75) is 19.3 Å².